The lowest BCUT2D eigenvalue weighted by Crippen LogP contribution is -2.30. The maximum Gasteiger partial charge on any atom is 0.338 e. The standard InChI is InChI=1S/C20H22O5/c1-22-19-12-17(23-13-15-8-4-2-5-9-15)18(25-19)14-24-20(21)16-10-6-3-7-11-16/h2-11,17-19H,12-14H2,1H3/t17-,18+,19+/m1/s1. The summed E-state index contributed by atoms with van der Waals surface area (Å²) >= 11 is 0. The molecule has 2 aromatic carbocycles. The Morgan fingerprint density at radius 2 is 1.76 bits per heavy atom. The summed E-state index contributed by atoms with van der Waals surface area (Å²) in [6, 6.07) is 18.8. The maximum atomic E-state index is 12.1. The lowest BCUT2D eigenvalue weighted by molar-refractivity contribution is -0.131. The highest BCUT2D eigenvalue weighted by molar-refractivity contribution is 5.89. The number of ether oxygens (including phenoxy) is 4. The number of hydrogen-bond acceptors (Lipinski definition) is 5. The van der Waals surface area contributed by atoms with Crippen molar-refractivity contribution in [3.8, 4) is 0 Å². The summed E-state index contributed by atoms with van der Waals surface area (Å²) in [5, 5.41) is 0. The molecule has 3 atom stereocenters. The first kappa shape index (κ1) is 17.6. The van der Waals surface area contributed by atoms with E-state index in [1.54, 1.807) is 31.4 Å². The van der Waals surface area contributed by atoms with Crippen molar-refractivity contribution in [2.45, 2.75) is 31.5 Å². The van der Waals surface area contributed by atoms with E-state index >= 15 is 0 Å². The molecular formula is C20H22O5. The van der Waals surface area contributed by atoms with Crippen LogP contribution in [0.3, 0.4) is 0 Å². The Labute approximate surface area is 147 Å². The first-order chi connectivity index (χ1) is 12.3. The molecule has 1 heterocycles. The molecular weight excluding hydrogens is 320 g/mol. The van der Waals surface area contributed by atoms with Crippen molar-refractivity contribution < 1.29 is 23.7 Å². The number of rotatable bonds is 7. The molecule has 1 aliphatic heterocycles. The van der Waals surface area contributed by atoms with Gasteiger partial charge in [0.15, 0.2) is 6.29 Å². The molecule has 0 spiro atoms. The molecule has 0 aliphatic carbocycles. The Bertz CT molecular complexity index is 658. The average Bonchev–Trinajstić information content (AvgIpc) is 3.08. The fourth-order valence-electron chi connectivity index (χ4n) is 2.75. The summed E-state index contributed by atoms with van der Waals surface area (Å²) in [7, 11) is 1.59. The van der Waals surface area contributed by atoms with E-state index in [-0.39, 0.29) is 31.1 Å². The molecule has 1 saturated heterocycles. The highest BCUT2D eigenvalue weighted by atomic mass is 16.7. The third-order valence-electron chi connectivity index (χ3n) is 4.12. The summed E-state index contributed by atoms with van der Waals surface area (Å²) in [6.45, 7) is 0.613. The van der Waals surface area contributed by atoms with E-state index in [1.807, 2.05) is 36.4 Å². The van der Waals surface area contributed by atoms with Gasteiger partial charge in [0, 0.05) is 13.5 Å². The molecule has 0 bridgehead atoms. The van der Waals surface area contributed by atoms with E-state index in [9.17, 15) is 4.79 Å². The second-order valence-electron chi connectivity index (χ2n) is 5.88. The Morgan fingerprint density at radius 1 is 1.08 bits per heavy atom. The van der Waals surface area contributed by atoms with E-state index in [2.05, 4.69) is 0 Å². The molecule has 0 radical (unpaired) electrons. The van der Waals surface area contributed by atoms with Crippen LogP contribution in [0.15, 0.2) is 60.7 Å². The van der Waals surface area contributed by atoms with Crippen LogP contribution < -0.4 is 0 Å². The number of carbonyl (C=O) groups excluding carboxylic acids is 1. The molecule has 5 heteroatoms. The lowest BCUT2D eigenvalue weighted by atomic mass is 10.2. The van der Waals surface area contributed by atoms with Crippen LogP contribution in [0.1, 0.15) is 22.3 Å². The minimum Gasteiger partial charge on any atom is -0.459 e. The van der Waals surface area contributed by atoms with E-state index in [1.165, 1.54) is 0 Å². The molecule has 132 valence electrons. The van der Waals surface area contributed by atoms with Gasteiger partial charge in [0.1, 0.15) is 12.7 Å². The SMILES string of the molecule is CO[C@@H]1C[C@@H](OCc2ccccc2)[C@H](COC(=O)c2ccccc2)O1. The minimum absolute atomic E-state index is 0.132. The van der Waals surface area contributed by atoms with Crippen LogP contribution in [0.5, 0.6) is 0 Å². The zero-order chi connectivity index (χ0) is 17.5. The molecule has 3 rings (SSSR count). The summed E-state index contributed by atoms with van der Waals surface area (Å²) in [6.07, 6.45) is -0.270. The lowest BCUT2D eigenvalue weighted by Gasteiger charge is -2.19. The normalized spacial score (nSPS) is 22.7. The summed E-state index contributed by atoms with van der Waals surface area (Å²) in [4.78, 5) is 12.1. The molecule has 1 fully saturated rings. The van der Waals surface area contributed by atoms with Gasteiger partial charge in [-0.25, -0.2) is 4.79 Å². The topological polar surface area (TPSA) is 54.0 Å². The van der Waals surface area contributed by atoms with Gasteiger partial charge in [-0.15, -0.1) is 0 Å². The number of hydrogen-bond donors (Lipinski definition) is 0. The van der Waals surface area contributed by atoms with Gasteiger partial charge in [-0.3, -0.25) is 0 Å². The predicted octanol–water partition coefficient (Wildman–Crippen LogP) is 3.19. The fraction of sp³-hybridized carbons (Fsp3) is 0.350. The van der Waals surface area contributed by atoms with Gasteiger partial charge in [-0.1, -0.05) is 48.5 Å². The van der Waals surface area contributed by atoms with E-state index in [0.29, 0.717) is 18.6 Å². The Morgan fingerprint density at radius 3 is 2.44 bits per heavy atom. The largest absolute Gasteiger partial charge is 0.459 e. The second-order valence-corrected chi connectivity index (χ2v) is 5.88. The molecule has 2 aromatic rings. The molecule has 0 N–H and O–H groups in total. The first-order valence-corrected chi connectivity index (χ1v) is 8.32. The third-order valence-corrected chi connectivity index (χ3v) is 4.12. The smallest absolute Gasteiger partial charge is 0.338 e. The van der Waals surface area contributed by atoms with E-state index in [0.717, 1.165) is 5.56 Å². The van der Waals surface area contributed by atoms with Crippen LogP contribution in [0.25, 0.3) is 0 Å². The van der Waals surface area contributed by atoms with Crippen molar-refractivity contribution in [2.24, 2.45) is 0 Å². The summed E-state index contributed by atoms with van der Waals surface area (Å²) in [5.74, 6) is -0.369. The Balaban J connectivity index is 1.55. The minimum atomic E-state index is -0.369. The van der Waals surface area contributed by atoms with Crippen LogP contribution in [0.2, 0.25) is 0 Å². The monoisotopic (exact) mass is 342 g/mol. The molecule has 1 aliphatic rings. The van der Waals surface area contributed by atoms with Gasteiger partial charge in [0.25, 0.3) is 0 Å². The van der Waals surface area contributed by atoms with Gasteiger partial charge in [0.2, 0.25) is 0 Å². The number of methoxy groups -OCH3 is 1. The summed E-state index contributed by atoms with van der Waals surface area (Å²) in [5.41, 5.74) is 1.61. The Kier molecular flexibility index (Phi) is 6.17. The zero-order valence-corrected chi connectivity index (χ0v) is 14.2. The van der Waals surface area contributed by atoms with Crippen molar-refractivity contribution >= 4 is 5.97 Å². The average molecular weight is 342 g/mol. The molecule has 0 aromatic heterocycles. The van der Waals surface area contributed by atoms with Gasteiger partial charge >= 0.3 is 5.97 Å². The van der Waals surface area contributed by atoms with Crippen LogP contribution in [0, 0.1) is 0 Å². The summed E-state index contributed by atoms with van der Waals surface area (Å²) < 4.78 is 22.4. The predicted molar refractivity (Wildman–Crippen MR) is 92.0 cm³/mol. The molecule has 0 unspecified atom stereocenters. The second kappa shape index (κ2) is 8.76. The van der Waals surface area contributed by atoms with Gasteiger partial charge in [0.05, 0.1) is 18.3 Å². The number of carbonyl (C=O) groups is 1. The van der Waals surface area contributed by atoms with Crippen LogP contribution in [-0.4, -0.2) is 38.2 Å². The maximum absolute atomic E-state index is 12.1. The number of benzene rings is 2. The Hall–Kier alpha value is -2.21. The van der Waals surface area contributed by atoms with Crippen LogP contribution in [-0.2, 0) is 25.6 Å². The van der Waals surface area contributed by atoms with E-state index in [4.69, 9.17) is 18.9 Å². The van der Waals surface area contributed by atoms with Gasteiger partial charge < -0.3 is 18.9 Å². The molecule has 0 amide bonds. The zero-order valence-electron chi connectivity index (χ0n) is 14.2. The van der Waals surface area contributed by atoms with Gasteiger partial charge in [-0.2, -0.15) is 0 Å². The molecule has 25 heavy (non-hydrogen) atoms. The van der Waals surface area contributed by atoms with Crippen LogP contribution in [0.4, 0.5) is 0 Å². The van der Waals surface area contributed by atoms with Crippen molar-refractivity contribution in [1.29, 1.82) is 0 Å². The first-order valence-electron chi connectivity index (χ1n) is 8.32. The fourth-order valence-corrected chi connectivity index (χ4v) is 2.75. The highest BCUT2D eigenvalue weighted by Gasteiger charge is 2.37. The van der Waals surface area contributed by atoms with E-state index < -0.39 is 0 Å². The number of esters is 1. The molecule has 0 saturated carbocycles. The van der Waals surface area contributed by atoms with Gasteiger partial charge in [-0.05, 0) is 17.7 Å². The van der Waals surface area contributed by atoms with Crippen molar-refractivity contribution in [3.05, 3.63) is 71.8 Å². The quantitative estimate of drug-likeness (QED) is 0.723. The van der Waals surface area contributed by atoms with Crippen molar-refractivity contribution in [2.75, 3.05) is 13.7 Å². The van der Waals surface area contributed by atoms with Crippen molar-refractivity contribution in [1.82, 2.24) is 0 Å². The third kappa shape index (κ3) is 4.89. The van der Waals surface area contributed by atoms with Crippen molar-refractivity contribution in [3.63, 3.8) is 0 Å². The molecule has 5 nitrogen and oxygen atoms in total. The van der Waals surface area contributed by atoms with Crippen LogP contribution >= 0.6 is 0 Å². The highest BCUT2D eigenvalue weighted by Crippen LogP contribution is 2.25.